The molecule has 0 aromatic heterocycles. The molecule has 1 amide bonds. The molecule has 0 atom stereocenters. The molecule has 0 saturated heterocycles. The molecule has 0 fully saturated rings. The molecule has 0 spiro atoms. The number of thioether (sulfide) groups is 1. The van der Waals surface area contributed by atoms with E-state index in [0.717, 1.165) is 16.9 Å². The van der Waals surface area contributed by atoms with Gasteiger partial charge in [-0.15, -0.1) is 11.8 Å². The summed E-state index contributed by atoms with van der Waals surface area (Å²) in [6.45, 7) is 4.63. The van der Waals surface area contributed by atoms with E-state index in [4.69, 9.17) is 12.2 Å². The number of amides is 1. The second kappa shape index (κ2) is 9.30. The average molecular weight is 360 g/mol. The minimum Gasteiger partial charge on any atom is -0.361 e. The highest BCUT2D eigenvalue weighted by Crippen LogP contribution is 2.15. The summed E-state index contributed by atoms with van der Waals surface area (Å²) in [6.07, 6.45) is 0. The molecule has 0 aliphatic carbocycles. The van der Waals surface area contributed by atoms with Crippen LogP contribution in [0.25, 0.3) is 0 Å². The van der Waals surface area contributed by atoms with Crippen molar-refractivity contribution in [2.24, 2.45) is 0 Å². The van der Waals surface area contributed by atoms with E-state index in [2.05, 4.69) is 28.3 Å². The third-order valence-corrected chi connectivity index (χ3v) is 4.58. The quantitative estimate of drug-likeness (QED) is 0.331. The first-order valence-corrected chi connectivity index (χ1v) is 9.05. The number of nitrogens with one attached hydrogen (secondary N) is 3. The minimum absolute atomic E-state index is 0.199. The highest BCUT2D eigenvalue weighted by Gasteiger charge is 2.08. The van der Waals surface area contributed by atoms with Crippen LogP contribution in [0.1, 0.15) is 21.5 Å². The van der Waals surface area contributed by atoms with E-state index >= 15 is 0 Å². The summed E-state index contributed by atoms with van der Waals surface area (Å²) in [4.78, 5) is 13.4. The Hall–Kier alpha value is -2.05. The summed E-state index contributed by atoms with van der Waals surface area (Å²) in [5, 5.41) is 3.47. The molecular weight excluding hydrogens is 338 g/mol. The van der Waals surface area contributed by atoms with Gasteiger partial charge in [-0.3, -0.25) is 15.6 Å². The lowest BCUT2D eigenvalue weighted by molar-refractivity contribution is 0.0943. The van der Waals surface area contributed by atoms with Crippen LogP contribution in [0.5, 0.6) is 0 Å². The molecular formula is C18H21N3OS2. The maximum Gasteiger partial charge on any atom is 0.269 e. The summed E-state index contributed by atoms with van der Waals surface area (Å²) >= 11 is 6.91. The van der Waals surface area contributed by atoms with Gasteiger partial charge in [0.25, 0.3) is 5.91 Å². The van der Waals surface area contributed by atoms with Crippen LogP contribution >= 0.6 is 24.0 Å². The Bertz CT molecular complexity index is 705. The van der Waals surface area contributed by atoms with Crippen molar-refractivity contribution >= 4 is 35.0 Å². The van der Waals surface area contributed by atoms with Gasteiger partial charge in [-0.05, 0) is 49.8 Å². The molecule has 24 heavy (non-hydrogen) atoms. The van der Waals surface area contributed by atoms with Gasteiger partial charge in [0.1, 0.15) is 0 Å². The largest absolute Gasteiger partial charge is 0.361 e. The molecule has 2 aromatic rings. The van der Waals surface area contributed by atoms with Crippen molar-refractivity contribution in [3.05, 3.63) is 65.2 Å². The summed E-state index contributed by atoms with van der Waals surface area (Å²) in [7, 11) is 0. The van der Waals surface area contributed by atoms with Gasteiger partial charge < -0.3 is 5.32 Å². The fraction of sp³-hybridized carbons (Fsp3) is 0.222. The van der Waals surface area contributed by atoms with Crippen LogP contribution in [-0.4, -0.2) is 23.3 Å². The second-order valence-corrected chi connectivity index (χ2v) is 6.89. The van der Waals surface area contributed by atoms with Crippen molar-refractivity contribution in [2.75, 3.05) is 12.3 Å². The first kappa shape index (κ1) is 18.3. The lowest BCUT2D eigenvalue weighted by atomic mass is 10.1. The highest BCUT2D eigenvalue weighted by atomic mass is 32.2. The number of thiocarbonyl (C=S) groups is 1. The Morgan fingerprint density at radius 3 is 2.54 bits per heavy atom. The van der Waals surface area contributed by atoms with Gasteiger partial charge in [-0.2, -0.15) is 0 Å². The van der Waals surface area contributed by atoms with Gasteiger partial charge >= 0.3 is 0 Å². The summed E-state index contributed by atoms with van der Waals surface area (Å²) in [6, 6.07) is 15.9. The van der Waals surface area contributed by atoms with E-state index in [1.807, 2.05) is 50.2 Å². The van der Waals surface area contributed by atoms with Gasteiger partial charge in [0.2, 0.25) is 0 Å². The third kappa shape index (κ3) is 5.86. The predicted octanol–water partition coefficient (Wildman–Crippen LogP) is 3.20. The number of carbonyl (C=O) groups excluding carboxylic acids is 1. The number of hydrazine groups is 1. The molecule has 2 rings (SSSR count). The first-order chi connectivity index (χ1) is 11.6. The number of rotatable bonds is 5. The number of hydrogen-bond donors (Lipinski definition) is 3. The molecule has 0 aliphatic heterocycles. The number of carbonyl (C=O) groups is 1. The average Bonchev–Trinajstić information content (AvgIpc) is 2.57. The van der Waals surface area contributed by atoms with Crippen molar-refractivity contribution in [3.8, 4) is 0 Å². The molecule has 0 heterocycles. The van der Waals surface area contributed by atoms with Crippen molar-refractivity contribution in [1.29, 1.82) is 0 Å². The van der Waals surface area contributed by atoms with Gasteiger partial charge in [-0.1, -0.05) is 35.9 Å². The smallest absolute Gasteiger partial charge is 0.269 e. The van der Waals surface area contributed by atoms with Crippen LogP contribution in [-0.2, 0) is 0 Å². The monoisotopic (exact) mass is 359 g/mol. The molecule has 2 aromatic carbocycles. The van der Waals surface area contributed by atoms with Crippen LogP contribution in [0, 0.1) is 13.8 Å². The van der Waals surface area contributed by atoms with Gasteiger partial charge in [-0.25, -0.2) is 0 Å². The van der Waals surface area contributed by atoms with E-state index in [0.29, 0.717) is 17.2 Å². The molecule has 0 unspecified atom stereocenters. The Morgan fingerprint density at radius 1 is 1.08 bits per heavy atom. The van der Waals surface area contributed by atoms with Gasteiger partial charge in [0.15, 0.2) is 5.11 Å². The molecule has 6 heteroatoms. The Balaban J connectivity index is 1.68. The molecule has 0 aliphatic rings. The zero-order valence-corrected chi connectivity index (χ0v) is 15.4. The lowest BCUT2D eigenvalue weighted by Gasteiger charge is -2.12. The van der Waals surface area contributed by atoms with Crippen LogP contribution in [0.15, 0.2) is 53.4 Å². The predicted molar refractivity (Wildman–Crippen MR) is 104 cm³/mol. The third-order valence-electron chi connectivity index (χ3n) is 3.32. The van der Waals surface area contributed by atoms with Gasteiger partial charge in [0, 0.05) is 22.8 Å². The van der Waals surface area contributed by atoms with E-state index in [1.54, 1.807) is 11.8 Å². The number of aryl methyl sites for hydroxylation is 2. The van der Waals surface area contributed by atoms with Crippen LogP contribution in [0.3, 0.4) is 0 Å². The van der Waals surface area contributed by atoms with Crippen molar-refractivity contribution < 1.29 is 4.79 Å². The van der Waals surface area contributed by atoms with Crippen LogP contribution < -0.4 is 16.2 Å². The van der Waals surface area contributed by atoms with E-state index in [9.17, 15) is 4.79 Å². The lowest BCUT2D eigenvalue weighted by Crippen LogP contribution is -2.47. The van der Waals surface area contributed by atoms with Crippen molar-refractivity contribution in [1.82, 2.24) is 16.2 Å². The summed E-state index contributed by atoms with van der Waals surface area (Å²) in [5.74, 6) is 0.687. The molecule has 4 nitrogen and oxygen atoms in total. The Morgan fingerprint density at radius 2 is 1.83 bits per heavy atom. The van der Waals surface area contributed by atoms with E-state index < -0.39 is 0 Å². The zero-order chi connectivity index (χ0) is 17.4. The maximum atomic E-state index is 12.1. The Labute approximate surface area is 152 Å². The second-order valence-electron chi connectivity index (χ2n) is 5.31. The van der Waals surface area contributed by atoms with E-state index in [1.165, 1.54) is 4.90 Å². The normalized spacial score (nSPS) is 10.1. The first-order valence-electron chi connectivity index (χ1n) is 7.65. The number of benzene rings is 2. The van der Waals surface area contributed by atoms with E-state index in [-0.39, 0.29) is 5.91 Å². The minimum atomic E-state index is -0.199. The molecule has 0 bridgehead atoms. The van der Waals surface area contributed by atoms with Crippen LogP contribution in [0.2, 0.25) is 0 Å². The van der Waals surface area contributed by atoms with Crippen LogP contribution in [0.4, 0.5) is 0 Å². The molecule has 0 saturated carbocycles. The fourth-order valence-corrected chi connectivity index (χ4v) is 3.09. The fourth-order valence-electron chi connectivity index (χ4n) is 2.14. The molecule has 0 radical (unpaired) electrons. The maximum absolute atomic E-state index is 12.1. The Kier molecular flexibility index (Phi) is 7.08. The summed E-state index contributed by atoms with van der Waals surface area (Å²) in [5.41, 5.74) is 8.05. The standard InChI is InChI=1S/C18H21N3OS2/c1-13-8-9-16(14(2)12-13)17(22)20-21-18(23)19-10-11-24-15-6-4-3-5-7-15/h3-9,12H,10-11H2,1-2H3,(H,20,22)(H2,19,21,23). The molecule has 3 N–H and O–H groups in total. The zero-order valence-electron chi connectivity index (χ0n) is 13.8. The van der Waals surface area contributed by atoms with Gasteiger partial charge in [0.05, 0.1) is 0 Å². The van der Waals surface area contributed by atoms with Crippen molar-refractivity contribution in [2.45, 2.75) is 18.7 Å². The topological polar surface area (TPSA) is 53.2 Å². The SMILES string of the molecule is Cc1ccc(C(=O)NNC(=S)NCCSc2ccccc2)c(C)c1. The van der Waals surface area contributed by atoms with Crippen molar-refractivity contribution in [3.63, 3.8) is 0 Å². The summed E-state index contributed by atoms with van der Waals surface area (Å²) < 4.78 is 0. The highest BCUT2D eigenvalue weighted by molar-refractivity contribution is 7.99. The number of hydrogen-bond acceptors (Lipinski definition) is 3. The molecule has 126 valence electrons.